The van der Waals surface area contributed by atoms with Crippen LogP contribution in [0.25, 0.3) is 11.3 Å². The number of ether oxygens (including phenoxy) is 4. The highest BCUT2D eigenvalue weighted by Gasteiger charge is 2.70. The number of aromatic nitrogens is 1. The molecule has 45 heavy (non-hydrogen) atoms. The molecule has 0 spiro atoms. The molecule has 2 aromatic rings. The summed E-state index contributed by atoms with van der Waals surface area (Å²) in [4.78, 5) is 55.0. The minimum atomic E-state index is -1.36. The quantitative estimate of drug-likeness (QED) is 0.247. The van der Waals surface area contributed by atoms with Crippen molar-refractivity contribution in [2.24, 2.45) is 22.7 Å². The van der Waals surface area contributed by atoms with Gasteiger partial charge in [-0.1, -0.05) is 19.9 Å². The van der Waals surface area contributed by atoms with Crippen molar-refractivity contribution in [2.75, 3.05) is 6.61 Å². The summed E-state index contributed by atoms with van der Waals surface area (Å²) < 4.78 is 29.9. The van der Waals surface area contributed by atoms with E-state index in [1.54, 1.807) is 43.6 Å². The molecular weight excluding hydrogens is 582 g/mol. The summed E-state index contributed by atoms with van der Waals surface area (Å²) in [7, 11) is 0. The first kappa shape index (κ1) is 32.4. The maximum Gasteiger partial charge on any atom is 0.345 e. The third-order valence-electron chi connectivity index (χ3n) is 10.2. The molecule has 2 aliphatic carbocycles. The Morgan fingerprint density at radius 3 is 2.56 bits per heavy atom. The smallest absolute Gasteiger partial charge is 0.345 e. The van der Waals surface area contributed by atoms with E-state index >= 15 is 0 Å². The monoisotopic (exact) mass is 623 g/mol. The average Bonchev–Trinajstić information content (AvgIpc) is 2.97. The van der Waals surface area contributed by atoms with Crippen molar-refractivity contribution in [3.63, 3.8) is 0 Å². The minimum absolute atomic E-state index is 0.0208. The second-order valence-electron chi connectivity index (χ2n) is 13.1. The molecule has 242 valence electrons. The number of nitrogens with zero attached hydrogens (tertiary/aromatic N) is 1. The molecule has 0 radical (unpaired) electrons. The number of carbonyl (C=O) groups excluding carboxylic acids is 3. The zero-order chi connectivity index (χ0) is 32.7. The molecular formula is C34H41NO10. The van der Waals surface area contributed by atoms with E-state index < -0.39 is 70.1 Å². The number of hydrogen-bond donors (Lipinski definition) is 1. The van der Waals surface area contributed by atoms with Gasteiger partial charge in [0.1, 0.15) is 41.5 Å². The second kappa shape index (κ2) is 12.1. The maximum absolute atomic E-state index is 13.5. The molecule has 0 unspecified atom stereocenters. The van der Waals surface area contributed by atoms with Crippen LogP contribution in [0.15, 0.2) is 52.5 Å². The number of pyridine rings is 1. The number of allylic oxidation sites excluding steroid dienone is 1. The van der Waals surface area contributed by atoms with Crippen molar-refractivity contribution >= 4 is 17.9 Å². The Kier molecular flexibility index (Phi) is 8.70. The summed E-state index contributed by atoms with van der Waals surface area (Å²) >= 11 is 0. The Balaban J connectivity index is 1.66. The van der Waals surface area contributed by atoms with Crippen molar-refractivity contribution in [1.82, 2.24) is 4.98 Å². The summed E-state index contributed by atoms with van der Waals surface area (Å²) in [5.74, 6) is -2.24. The molecule has 11 nitrogen and oxygen atoms in total. The zero-order valence-electron chi connectivity index (χ0n) is 26.4. The molecule has 3 aliphatic rings. The van der Waals surface area contributed by atoms with Crippen LogP contribution < -0.4 is 10.4 Å². The Morgan fingerprint density at radius 1 is 1.16 bits per heavy atom. The van der Waals surface area contributed by atoms with Crippen LogP contribution in [-0.2, 0) is 28.6 Å². The number of aliphatic hydroxyl groups excluding tert-OH is 1. The van der Waals surface area contributed by atoms with Crippen molar-refractivity contribution in [2.45, 2.75) is 90.6 Å². The van der Waals surface area contributed by atoms with E-state index in [0.717, 1.165) is 0 Å². The van der Waals surface area contributed by atoms with E-state index in [4.69, 9.17) is 23.4 Å². The van der Waals surface area contributed by atoms with Gasteiger partial charge in [-0.3, -0.25) is 19.4 Å². The summed E-state index contributed by atoms with van der Waals surface area (Å²) in [6, 6.07) is 5.01. The number of rotatable bonds is 8. The van der Waals surface area contributed by atoms with E-state index in [0.29, 0.717) is 24.8 Å². The van der Waals surface area contributed by atoms with Gasteiger partial charge < -0.3 is 28.5 Å². The summed E-state index contributed by atoms with van der Waals surface area (Å²) in [6.07, 6.45) is 3.58. The molecule has 0 amide bonds. The van der Waals surface area contributed by atoms with Gasteiger partial charge in [0.15, 0.2) is 0 Å². The fraction of sp³-hybridized carbons (Fsp3) is 0.559. The van der Waals surface area contributed by atoms with Crippen LogP contribution in [0, 0.1) is 22.7 Å². The number of esters is 3. The molecule has 0 saturated heterocycles. The third-order valence-corrected chi connectivity index (χ3v) is 10.2. The first-order valence-electron chi connectivity index (χ1n) is 15.3. The van der Waals surface area contributed by atoms with Crippen molar-refractivity contribution in [3.05, 3.63) is 59.2 Å². The average molecular weight is 624 g/mol. The van der Waals surface area contributed by atoms with Gasteiger partial charge in [-0.2, -0.15) is 0 Å². The number of aliphatic hydroxyl groups is 1. The van der Waals surface area contributed by atoms with Crippen LogP contribution in [0.2, 0.25) is 0 Å². The van der Waals surface area contributed by atoms with Crippen LogP contribution in [0.3, 0.4) is 0 Å². The normalized spacial score (nSPS) is 33.3. The molecule has 0 bridgehead atoms. The van der Waals surface area contributed by atoms with E-state index in [1.807, 2.05) is 13.8 Å². The largest absolute Gasteiger partial charge is 0.482 e. The van der Waals surface area contributed by atoms with Crippen LogP contribution in [-0.4, -0.2) is 52.4 Å². The number of hydrogen-bond acceptors (Lipinski definition) is 11. The predicted molar refractivity (Wildman–Crippen MR) is 161 cm³/mol. The topological polar surface area (TPSA) is 151 Å². The molecule has 8 atom stereocenters. The molecule has 0 aromatic carbocycles. The van der Waals surface area contributed by atoms with Gasteiger partial charge in [0, 0.05) is 55.6 Å². The maximum atomic E-state index is 13.5. The molecule has 1 aliphatic heterocycles. The minimum Gasteiger partial charge on any atom is -0.482 e. The first-order chi connectivity index (χ1) is 21.2. The lowest BCUT2D eigenvalue weighted by Crippen LogP contribution is -2.71. The Bertz CT molecular complexity index is 1540. The summed E-state index contributed by atoms with van der Waals surface area (Å²) in [6.45, 7) is 12.0. The standard InChI is InChI=1S/C34H41NO10/c1-7-8-11-27(38)44-26-16-24-32(4,13-12-25(42-20(3)37)33(24,5)18-41-19(2)36)30-29(39)28-23(45-34(26,30)6)15-22(43-31(28)40)21-10-9-14-35-17-21/h7,9-10,14-15,17,24-26,29-30,39H,1,8,11-13,16,18H2,2-6H3/t24-,25+,26+,29+,30-,32+,33+,34-/m1/s1. The SMILES string of the molecule is C=CCCC(=O)O[C@H]1C[C@H]2[C@](C)(COC(C)=O)[C@@H](OC(C)=O)CC[C@]2(C)[C@H]2[C@@H](O)c3c(cc(-c4cccnc4)oc3=O)O[C@]12C. The fourth-order valence-electron chi connectivity index (χ4n) is 8.27. The van der Waals surface area contributed by atoms with Gasteiger partial charge >= 0.3 is 23.5 Å². The van der Waals surface area contributed by atoms with E-state index in [9.17, 15) is 24.3 Å². The Morgan fingerprint density at radius 2 is 1.91 bits per heavy atom. The number of fused-ring (bicyclic) bond motifs is 4. The second-order valence-corrected chi connectivity index (χ2v) is 13.1. The molecule has 2 saturated carbocycles. The van der Waals surface area contributed by atoms with Gasteiger partial charge in [-0.15, -0.1) is 6.58 Å². The Hall–Kier alpha value is -3.99. The highest BCUT2D eigenvalue weighted by atomic mass is 16.6. The fourth-order valence-corrected chi connectivity index (χ4v) is 8.27. The molecule has 5 rings (SSSR count). The van der Waals surface area contributed by atoms with E-state index in [-0.39, 0.29) is 36.5 Å². The van der Waals surface area contributed by atoms with Gasteiger partial charge in [0.25, 0.3) is 0 Å². The molecule has 3 heterocycles. The van der Waals surface area contributed by atoms with Crippen molar-refractivity contribution in [3.8, 4) is 17.1 Å². The van der Waals surface area contributed by atoms with E-state index in [2.05, 4.69) is 11.6 Å². The molecule has 11 heteroatoms. The summed E-state index contributed by atoms with van der Waals surface area (Å²) in [5, 5.41) is 12.2. The van der Waals surface area contributed by atoms with Crippen molar-refractivity contribution in [1.29, 1.82) is 0 Å². The van der Waals surface area contributed by atoms with Crippen LogP contribution in [0.4, 0.5) is 0 Å². The molecule has 2 aromatic heterocycles. The molecule has 1 N–H and O–H groups in total. The lowest BCUT2D eigenvalue weighted by molar-refractivity contribution is -0.271. The highest BCUT2D eigenvalue weighted by molar-refractivity contribution is 5.70. The molecule has 2 fully saturated rings. The number of carbonyl (C=O) groups is 3. The van der Waals surface area contributed by atoms with E-state index in [1.165, 1.54) is 13.8 Å². The first-order valence-corrected chi connectivity index (χ1v) is 15.3. The van der Waals surface area contributed by atoms with Crippen LogP contribution >= 0.6 is 0 Å². The van der Waals surface area contributed by atoms with Crippen LogP contribution in [0.1, 0.15) is 78.4 Å². The van der Waals surface area contributed by atoms with Gasteiger partial charge in [0.2, 0.25) is 0 Å². The summed E-state index contributed by atoms with van der Waals surface area (Å²) in [5.41, 5.74) is -3.17. The van der Waals surface area contributed by atoms with Gasteiger partial charge in [0.05, 0.1) is 6.10 Å². The predicted octanol–water partition coefficient (Wildman–Crippen LogP) is 4.70. The lowest BCUT2D eigenvalue weighted by atomic mass is 9.42. The van der Waals surface area contributed by atoms with Gasteiger partial charge in [-0.25, -0.2) is 4.79 Å². The highest BCUT2D eigenvalue weighted by Crippen LogP contribution is 2.67. The van der Waals surface area contributed by atoms with Crippen molar-refractivity contribution < 1.29 is 42.9 Å². The van der Waals surface area contributed by atoms with Crippen LogP contribution in [0.5, 0.6) is 5.75 Å². The zero-order valence-corrected chi connectivity index (χ0v) is 26.4. The lowest BCUT2D eigenvalue weighted by Gasteiger charge is -2.66. The van der Waals surface area contributed by atoms with Gasteiger partial charge in [-0.05, 0) is 56.1 Å². The Labute approximate surface area is 261 Å². The third kappa shape index (κ3) is 5.67.